The minimum atomic E-state index is 0. The highest BCUT2D eigenvalue weighted by atomic mass is 35.5. The summed E-state index contributed by atoms with van der Waals surface area (Å²) in [5.41, 5.74) is 5.63. The van der Waals surface area contributed by atoms with E-state index in [1.807, 2.05) is 4.90 Å². The Balaban J connectivity index is 0.00000180. The van der Waals surface area contributed by atoms with Crippen molar-refractivity contribution in [3.05, 3.63) is 0 Å². The third kappa shape index (κ3) is 4.53. The lowest BCUT2D eigenvalue weighted by atomic mass is 9.95. The molecule has 1 atom stereocenters. The van der Waals surface area contributed by atoms with Gasteiger partial charge in [-0.15, -0.1) is 12.4 Å². The summed E-state index contributed by atoms with van der Waals surface area (Å²) in [6.45, 7) is 6.76. The van der Waals surface area contributed by atoms with Gasteiger partial charge in [-0.1, -0.05) is 6.92 Å². The fourth-order valence-corrected chi connectivity index (χ4v) is 3.11. The van der Waals surface area contributed by atoms with E-state index in [0.717, 1.165) is 64.3 Å². The van der Waals surface area contributed by atoms with Crippen LogP contribution in [0.15, 0.2) is 0 Å². The molecule has 0 aromatic heterocycles. The molecule has 0 aromatic rings. The predicted octanol–water partition coefficient (Wildman–Crippen LogP) is 2.32. The molecule has 1 unspecified atom stereocenters. The Bertz CT molecular complexity index is 278. The monoisotopic (exact) mass is 289 g/mol. The molecule has 2 amide bonds. The number of hydrogen-bond acceptors (Lipinski definition) is 2. The van der Waals surface area contributed by atoms with Gasteiger partial charge in [0, 0.05) is 26.2 Å². The van der Waals surface area contributed by atoms with Crippen molar-refractivity contribution in [2.75, 3.05) is 32.7 Å². The summed E-state index contributed by atoms with van der Waals surface area (Å²) < 4.78 is 0. The molecule has 0 bridgehead atoms. The van der Waals surface area contributed by atoms with Crippen LogP contribution < -0.4 is 5.73 Å². The van der Waals surface area contributed by atoms with E-state index in [-0.39, 0.29) is 18.4 Å². The van der Waals surface area contributed by atoms with E-state index in [1.54, 1.807) is 0 Å². The largest absolute Gasteiger partial charge is 0.330 e. The topological polar surface area (TPSA) is 49.6 Å². The number of nitrogens with two attached hydrogens (primary N) is 1. The number of hydrogen-bond donors (Lipinski definition) is 1. The van der Waals surface area contributed by atoms with Gasteiger partial charge in [0.1, 0.15) is 0 Å². The van der Waals surface area contributed by atoms with Crippen molar-refractivity contribution < 1.29 is 4.79 Å². The van der Waals surface area contributed by atoms with Gasteiger partial charge in [-0.2, -0.15) is 0 Å². The maximum atomic E-state index is 12.4. The van der Waals surface area contributed by atoms with E-state index in [1.165, 1.54) is 6.42 Å². The molecule has 0 saturated carbocycles. The first-order valence-electron chi connectivity index (χ1n) is 7.44. The molecule has 2 N–H and O–H groups in total. The summed E-state index contributed by atoms with van der Waals surface area (Å²) in [7, 11) is 0. The van der Waals surface area contributed by atoms with E-state index in [0.29, 0.717) is 5.92 Å². The van der Waals surface area contributed by atoms with Crippen LogP contribution in [-0.4, -0.2) is 48.6 Å². The highest BCUT2D eigenvalue weighted by molar-refractivity contribution is 5.85. The summed E-state index contributed by atoms with van der Waals surface area (Å²) in [4.78, 5) is 16.5. The van der Waals surface area contributed by atoms with Gasteiger partial charge in [-0.05, 0) is 50.5 Å². The molecule has 2 aliphatic heterocycles. The molecule has 2 aliphatic rings. The van der Waals surface area contributed by atoms with Gasteiger partial charge in [0.2, 0.25) is 0 Å². The van der Waals surface area contributed by atoms with Crippen molar-refractivity contribution >= 4 is 18.4 Å². The van der Waals surface area contributed by atoms with E-state index < -0.39 is 0 Å². The van der Waals surface area contributed by atoms with Gasteiger partial charge in [0.15, 0.2) is 0 Å². The van der Waals surface area contributed by atoms with Crippen molar-refractivity contribution in [3.8, 4) is 0 Å². The summed E-state index contributed by atoms with van der Waals surface area (Å²) in [5, 5.41) is 0. The molecule has 0 aliphatic carbocycles. The van der Waals surface area contributed by atoms with Gasteiger partial charge in [-0.25, -0.2) is 4.79 Å². The molecule has 0 aromatic carbocycles. The van der Waals surface area contributed by atoms with E-state index >= 15 is 0 Å². The minimum Gasteiger partial charge on any atom is -0.330 e. The zero-order chi connectivity index (χ0) is 13.0. The fourth-order valence-electron chi connectivity index (χ4n) is 3.11. The van der Waals surface area contributed by atoms with Crippen LogP contribution >= 0.6 is 12.4 Å². The van der Waals surface area contributed by atoms with Crippen LogP contribution in [0.5, 0.6) is 0 Å². The van der Waals surface area contributed by atoms with Crippen LogP contribution in [0.2, 0.25) is 0 Å². The Labute approximate surface area is 123 Å². The molecule has 5 heteroatoms. The average molecular weight is 290 g/mol. The average Bonchev–Trinajstić information content (AvgIpc) is 2.39. The number of piperidine rings is 2. The second kappa shape index (κ2) is 7.95. The van der Waals surface area contributed by atoms with Crippen LogP contribution in [-0.2, 0) is 0 Å². The van der Waals surface area contributed by atoms with Crippen molar-refractivity contribution in [3.63, 3.8) is 0 Å². The molecule has 2 saturated heterocycles. The van der Waals surface area contributed by atoms with Crippen LogP contribution in [0.4, 0.5) is 4.79 Å². The molecule has 2 fully saturated rings. The predicted molar refractivity (Wildman–Crippen MR) is 80.6 cm³/mol. The molecule has 4 nitrogen and oxygen atoms in total. The van der Waals surface area contributed by atoms with Crippen molar-refractivity contribution in [2.24, 2.45) is 17.6 Å². The zero-order valence-corrected chi connectivity index (χ0v) is 12.8. The van der Waals surface area contributed by atoms with Crippen molar-refractivity contribution in [1.82, 2.24) is 9.80 Å². The molecule has 0 spiro atoms. The molecule has 2 rings (SSSR count). The number of carbonyl (C=O) groups excluding carboxylic acids is 1. The summed E-state index contributed by atoms with van der Waals surface area (Å²) in [6.07, 6.45) is 5.75. The van der Waals surface area contributed by atoms with Crippen LogP contribution in [0, 0.1) is 11.8 Å². The SMILES string of the molecule is CC1CCN(C(=O)N2CCCC(CCN)C2)CC1.Cl. The summed E-state index contributed by atoms with van der Waals surface area (Å²) >= 11 is 0. The Kier molecular flexibility index (Phi) is 6.94. The Morgan fingerprint density at radius 1 is 1.16 bits per heavy atom. The van der Waals surface area contributed by atoms with Crippen LogP contribution in [0.25, 0.3) is 0 Å². The summed E-state index contributed by atoms with van der Waals surface area (Å²) in [5.74, 6) is 1.40. The first-order valence-corrected chi connectivity index (χ1v) is 7.44. The highest BCUT2D eigenvalue weighted by Gasteiger charge is 2.28. The molecule has 2 heterocycles. The van der Waals surface area contributed by atoms with Gasteiger partial charge < -0.3 is 15.5 Å². The smallest absolute Gasteiger partial charge is 0.320 e. The number of nitrogens with zero attached hydrogens (tertiary/aromatic N) is 2. The summed E-state index contributed by atoms with van der Waals surface area (Å²) in [6, 6.07) is 0.267. The standard InChI is InChI=1S/C14H27N3O.ClH/c1-12-5-9-16(10-6-12)14(18)17-8-2-3-13(11-17)4-7-15;/h12-13H,2-11,15H2,1H3;1H. The number of carbonyl (C=O) groups is 1. The van der Waals surface area contributed by atoms with Crippen LogP contribution in [0.1, 0.15) is 39.0 Å². The quantitative estimate of drug-likeness (QED) is 0.848. The van der Waals surface area contributed by atoms with Crippen LogP contribution in [0.3, 0.4) is 0 Å². The van der Waals surface area contributed by atoms with Crippen molar-refractivity contribution in [1.29, 1.82) is 0 Å². The lowest BCUT2D eigenvalue weighted by Crippen LogP contribution is -2.49. The second-order valence-electron chi connectivity index (χ2n) is 5.98. The normalized spacial score (nSPS) is 25.1. The highest BCUT2D eigenvalue weighted by Crippen LogP contribution is 2.22. The second-order valence-corrected chi connectivity index (χ2v) is 5.98. The van der Waals surface area contributed by atoms with Gasteiger partial charge in [-0.3, -0.25) is 0 Å². The Hall–Kier alpha value is -0.480. The van der Waals surface area contributed by atoms with Gasteiger partial charge in [0.05, 0.1) is 0 Å². The minimum absolute atomic E-state index is 0. The van der Waals surface area contributed by atoms with E-state index in [4.69, 9.17) is 5.73 Å². The lowest BCUT2D eigenvalue weighted by Gasteiger charge is -2.38. The molecular formula is C14H28ClN3O. The first kappa shape index (κ1) is 16.6. The molecule has 19 heavy (non-hydrogen) atoms. The van der Waals surface area contributed by atoms with Gasteiger partial charge >= 0.3 is 6.03 Å². The Morgan fingerprint density at radius 3 is 2.47 bits per heavy atom. The number of halogens is 1. The molecular weight excluding hydrogens is 262 g/mol. The van der Waals surface area contributed by atoms with E-state index in [2.05, 4.69) is 11.8 Å². The third-order valence-electron chi connectivity index (χ3n) is 4.42. The third-order valence-corrected chi connectivity index (χ3v) is 4.42. The lowest BCUT2D eigenvalue weighted by molar-refractivity contribution is 0.113. The molecule has 112 valence electrons. The number of urea groups is 1. The fraction of sp³-hybridized carbons (Fsp3) is 0.929. The van der Waals surface area contributed by atoms with E-state index in [9.17, 15) is 4.79 Å². The maximum absolute atomic E-state index is 12.4. The zero-order valence-electron chi connectivity index (χ0n) is 12.0. The number of likely N-dealkylation sites (tertiary alicyclic amines) is 2. The molecule has 0 radical (unpaired) electrons. The number of amides is 2. The first-order chi connectivity index (χ1) is 8.70. The van der Waals surface area contributed by atoms with Gasteiger partial charge in [0.25, 0.3) is 0 Å². The number of rotatable bonds is 2. The Morgan fingerprint density at radius 2 is 1.84 bits per heavy atom. The van der Waals surface area contributed by atoms with Crippen molar-refractivity contribution in [2.45, 2.75) is 39.0 Å². The maximum Gasteiger partial charge on any atom is 0.320 e.